The van der Waals surface area contributed by atoms with Gasteiger partial charge in [-0.05, 0) is 13.8 Å². The van der Waals surface area contributed by atoms with Crippen molar-refractivity contribution in [1.29, 1.82) is 0 Å². The first-order valence-corrected chi connectivity index (χ1v) is 6.82. The molecule has 0 spiro atoms. The summed E-state index contributed by atoms with van der Waals surface area (Å²) in [5.41, 5.74) is 8.81. The van der Waals surface area contributed by atoms with Crippen molar-refractivity contribution >= 4 is 33.6 Å². The molecule has 0 unspecified atom stereocenters. The minimum Gasteiger partial charge on any atom is -0.459 e. The smallest absolute Gasteiger partial charge is 0.342 e. The van der Waals surface area contributed by atoms with Gasteiger partial charge >= 0.3 is 5.97 Å². The predicted octanol–water partition coefficient (Wildman–Crippen LogP) is 3.02. The number of nitrogens with two attached hydrogens (primary N) is 1. The Kier molecular flexibility index (Phi) is 3.44. The molecule has 6 heteroatoms. The second-order valence-electron chi connectivity index (χ2n) is 3.71. The molecule has 0 bridgehead atoms. The van der Waals surface area contributed by atoms with E-state index in [1.165, 1.54) is 22.7 Å². The van der Waals surface area contributed by atoms with Crippen molar-refractivity contribution in [3.05, 3.63) is 22.7 Å². The maximum Gasteiger partial charge on any atom is 0.342 e. The van der Waals surface area contributed by atoms with Crippen LogP contribution < -0.4 is 5.73 Å². The number of nitrogens with zero attached hydrogens (tertiary/aromatic N) is 1. The Labute approximate surface area is 107 Å². The Morgan fingerprint density at radius 1 is 1.47 bits per heavy atom. The maximum absolute atomic E-state index is 11.9. The number of aromatic nitrogens is 1. The lowest BCUT2D eigenvalue weighted by molar-refractivity contribution is 0.0380. The van der Waals surface area contributed by atoms with Gasteiger partial charge in [0.05, 0.1) is 16.5 Å². The molecule has 2 aromatic heterocycles. The van der Waals surface area contributed by atoms with Crippen LogP contribution in [0.25, 0.3) is 10.4 Å². The van der Waals surface area contributed by atoms with Crippen molar-refractivity contribution in [2.75, 3.05) is 5.73 Å². The third-order valence-corrected chi connectivity index (χ3v) is 3.68. The largest absolute Gasteiger partial charge is 0.459 e. The second-order valence-corrected chi connectivity index (χ2v) is 5.51. The molecule has 2 N–H and O–H groups in total. The van der Waals surface area contributed by atoms with Gasteiger partial charge in [-0.2, -0.15) is 0 Å². The van der Waals surface area contributed by atoms with Crippen molar-refractivity contribution in [1.82, 2.24) is 4.98 Å². The van der Waals surface area contributed by atoms with E-state index in [2.05, 4.69) is 4.98 Å². The minimum atomic E-state index is -0.373. The van der Waals surface area contributed by atoms with Crippen LogP contribution in [0.15, 0.2) is 17.1 Å². The number of ether oxygens (including phenoxy) is 1. The fourth-order valence-electron chi connectivity index (χ4n) is 1.39. The summed E-state index contributed by atoms with van der Waals surface area (Å²) in [5.74, 6) is -0.373. The number of carbonyl (C=O) groups is 1. The van der Waals surface area contributed by atoms with Crippen molar-refractivity contribution in [2.24, 2.45) is 0 Å². The Morgan fingerprint density at radius 2 is 2.24 bits per heavy atom. The third-order valence-electron chi connectivity index (χ3n) is 2.06. The summed E-state index contributed by atoms with van der Waals surface area (Å²) in [5, 5.41) is 2.35. The van der Waals surface area contributed by atoms with E-state index >= 15 is 0 Å². The van der Waals surface area contributed by atoms with Gasteiger partial charge in [-0.3, -0.25) is 4.98 Å². The van der Waals surface area contributed by atoms with Gasteiger partial charge in [-0.25, -0.2) is 4.79 Å². The molecular formula is C11H12N2O2S2. The van der Waals surface area contributed by atoms with E-state index in [1.54, 1.807) is 11.7 Å². The van der Waals surface area contributed by atoms with E-state index in [0.717, 1.165) is 10.4 Å². The normalized spacial score (nSPS) is 10.8. The van der Waals surface area contributed by atoms with Gasteiger partial charge < -0.3 is 10.5 Å². The number of nitrogen functional groups attached to an aromatic ring is 1. The lowest BCUT2D eigenvalue weighted by Crippen LogP contribution is -2.12. The van der Waals surface area contributed by atoms with Gasteiger partial charge in [0.1, 0.15) is 10.6 Å². The number of rotatable bonds is 3. The second kappa shape index (κ2) is 4.85. The van der Waals surface area contributed by atoms with Crippen LogP contribution in [0.4, 0.5) is 5.00 Å². The fourth-order valence-corrected chi connectivity index (χ4v) is 2.91. The highest BCUT2D eigenvalue weighted by Gasteiger charge is 2.21. The molecular weight excluding hydrogens is 256 g/mol. The summed E-state index contributed by atoms with van der Waals surface area (Å²) in [7, 11) is 0. The van der Waals surface area contributed by atoms with Gasteiger partial charge in [0, 0.05) is 17.1 Å². The molecule has 0 saturated heterocycles. The Morgan fingerprint density at radius 3 is 2.82 bits per heavy atom. The average Bonchev–Trinajstić information content (AvgIpc) is 2.84. The quantitative estimate of drug-likeness (QED) is 0.869. The molecule has 4 nitrogen and oxygen atoms in total. The Balaban J connectivity index is 2.40. The average molecular weight is 268 g/mol. The Hall–Kier alpha value is -1.40. The number of esters is 1. The molecule has 0 aliphatic heterocycles. The number of carbonyl (C=O) groups excluding carboxylic acids is 1. The van der Waals surface area contributed by atoms with E-state index in [0.29, 0.717) is 10.6 Å². The highest BCUT2D eigenvalue weighted by atomic mass is 32.1. The summed E-state index contributed by atoms with van der Waals surface area (Å²) in [6.07, 6.45) is 1.56. The van der Waals surface area contributed by atoms with Crippen molar-refractivity contribution in [3.8, 4) is 10.4 Å². The van der Waals surface area contributed by atoms with Crippen LogP contribution in [0.3, 0.4) is 0 Å². The van der Waals surface area contributed by atoms with Crippen LogP contribution in [-0.2, 0) is 4.74 Å². The third kappa shape index (κ3) is 2.48. The zero-order valence-electron chi connectivity index (χ0n) is 9.47. The standard InChI is InChI=1S/C11H12N2O2S2/c1-6(2)15-11(14)9-7(4-16-10(9)12)8-3-13-5-17-8/h3-6H,12H2,1-2H3. The fraction of sp³-hybridized carbons (Fsp3) is 0.273. The van der Waals surface area contributed by atoms with Gasteiger partial charge in [0.25, 0.3) is 0 Å². The molecule has 2 heterocycles. The van der Waals surface area contributed by atoms with Crippen LogP contribution in [-0.4, -0.2) is 17.1 Å². The summed E-state index contributed by atoms with van der Waals surface area (Å²) < 4.78 is 5.19. The van der Waals surface area contributed by atoms with Crippen LogP contribution in [0.2, 0.25) is 0 Å². The van der Waals surface area contributed by atoms with Crippen LogP contribution in [0, 0.1) is 0 Å². The molecule has 0 aromatic carbocycles. The van der Waals surface area contributed by atoms with E-state index in [1.807, 2.05) is 19.2 Å². The molecule has 0 saturated carbocycles. The molecule has 0 aliphatic carbocycles. The molecule has 2 aromatic rings. The molecule has 0 radical (unpaired) electrons. The van der Waals surface area contributed by atoms with E-state index in [9.17, 15) is 4.79 Å². The molecule has 0 amide bonds. The summed E-state index contributed by atoms with van der Waals surface area (Å²) >= 11 is 2.81. The first-order valence-electron chi connectivity index (χ1n) is 5.06. The summed E-state index contributed by atoms with van der Waals surface area (Å²) in [6.45, 7) is 3.62. The van der Waals surface area contributed by atoms with Gasteiger partial charge in [-0.1, -0.05) is 0 Å². The molecule has 90 valence electrons. The van der Waals surface area contributed by atoms with Crippen LogP contribution in [0.1, 0.15) is 24.2 Å². The SMILES string of the molecule is CC(C)OC(=O)c1c(-c2cncs2)csc1N. The molecule has 0 fully saturated rings. The van der Waals surface area contributed by atoms with Gasteiger partial charge in [0.2, 0.25) is 0 Å². The number of anilines is 1. The van der Waals surface area contributed by atoms with E-state index in [4.69, 9.17) is 10.5 Å². The number of hydrogen-bond donors (Lipinski definition) is 1. The molecule has 17 heavy (non-hydrogen) atoms. The lowest BCUT2D eigenvalue weighted by atomic mass is 10.1. The first kappa shape index (κ1) is 12.1. The minimum absolute atomic E-state index is 0.156. The molecule has 0 aliphatic rings. The highest BCUT2D eigenvalue weighted by Crippen LogP contribution is 2.35. The van der Waals surface area contributed by atoms with Crippen LogP contribution >= 0.6 is 22.7 Å². The van der Waals surface area contributed by atoms with Crippen molar-refractivity contribution in [3.63, 3.8) is 0 Å². The van der Waals surface area contributed by atoms with Crippen LogP contribution in [0.5, 0.6) is 0 Å². The van der Waals surface area contributed by atoms with Crippen molar-refractivity contribution < 1.29 is 9.53 Å². The number of thiophene rings is 1. The van der Waals surface area contributed by atoms with E-state index < -0.39 is 0 Å². The highest BCUT2D eigenvalue weighted by molar-refractivity contribution is 7.16. The summed E-state index contributed by atoms with van der Waals surface area (Å²) in [4.78, 5) is 16.9. The maximum atomic E-state index is 11.9. The topological polar surface area (TPSA) is 65.2 Å². The predicted molar refractivity (Wildman–Crippen MR) is 70.4 cm³/mol. The van der Waals surface area contributed by atoms with Gasteiger partial charge in [0.15, 0.2) is 0 Å². The Bertz CT molecular complexity index is 518. The summed E-state index contributed by atoms with van der Waals surface area (Å²) in [6, 6.07) is 0. The number of hydrogen-bond acceptors (Lipinski definition) is 6. The monoisotopic (exact) mass is 268 g/mol. The lowest BCUT2D eigenvalue weighted by Gasteiger charge is -2.08. The molecule has 2 rings (SSSR count). The van der Waals surface area contributed by atoms with E-state index in [-0.39, 0.29) is 12.1 Å². The van der Waals surface area contributed by atoms with Crippen molar-refractivity contribution in [2.45, 2.75) is 20.0 Å². The van der Waals surface area contributed by atoms with Gasteiger partial charge in [-0.15, -0.1) is 22.7 Å². The zero-order valence-corrected chi connectivity index (χ0v) is 11.1. The zero-order chi connectivity index (χ0) is 12.4. The number of thiazole rings is 1. The first-order chi connectivity index (χ1) is 8.09. The molecule has 0 atom stereocenters.